The molecule has 1 aliphatic heterocycles. The Hall–Kier alpha value is -1.42. The molecule has 1 aromatic carbocycles. The van der Waals surface area contributed by atoms with Gasteiger partial charge in [-0.25, -0.2) is 0 Å². The summed E-state index contributed by atoms with van der Waals surface area (Å²) in [6.45, 7) is 2.07. The molecule has 0 bridgehead atoms. The highest BCUT2D eigenvalue weighted by atomic mass is 16.5. The second-order valence-electron chi connectivity index (χ2n) is 4.13. The number of ether oxygens (including phenoxy) is 3. The van der Waals surface area contributed by atoms with E-state index in [9.17, 15) is 5.11 Å². The van der Waals surface area contributed by atoms with Crippen LogP contribution in [0.25, 0.3) is 0 Å². The molecular formula is C13H18O4. The second kappa shape index (κ2) is 4.84. The molecule has 0 fully saturated rings. The molecule has 0 radical (unpaired) electrons. The van der Waals surface area contributed by atoms with Crippen molar-refractivity contribution >= 4 is 0 Å². The van der Waals surface area contributed by atoms with E-state index < -0.39 is 6.10 Å². The van der Waals surface area contributed by atoms with Gasteiger partial charge in [0.15, 0.2) is 0 Å². The molecular weight excluding hydrogens is 220 g/mol. The predicted octanol–water partition coefficient (Wildman–Crippen LogP) is 2.30. The number of aliphatic hydroxyl groups excluding tert-OH is 1. The Morgan fingerprint density at radius 3 is 2.65 bits per heavy atom. The smallest absolute Gasteiger partial charge is 0.133 e. The molecule has 0 amide bonds. The fourth-order valence-electron chi connectivity index (χ4n) is 2.17. The quantitative estimate of drug-likeness (QED) is 0.874. The summed E-state index contributed by atoms with van der Waals surface area (Å²) in [6, 6.07) is 3.55. The van der Waals surface area contributed by atoms with Crippen molar-refractivity contribution in [3.63, 3.8) is 0 Å². The molecule has 0 spiro atoms. The van der Waals surface area contributed by atoms with Gasteiger partial charge in [-0.1, -0.05) is 13.3 Å². The molecule has 0 aliphatic carbocycles. The maximum atomic E-state index is 10.2. The van der Waals surface area contributed by atoms with Crippen LogP contribution in [0.4, 0.5) is 0 Å². The standard InChI is InChI=1S/C13H18O4/c1-4-5-9-13(14)12-10(16-3)6-8(15-2)7-11(12)17-9/h6-7,9,13-14H,4-5H2,1-3H3. The van der Waals surface area contributed by atoms with Crippen LogP contribution >= 0.6 is 0 Å². The minimum atomic E-state index is -0.620. The van der Waals surface area contributed by atoms with E-state index in [1.165, 1.54) is 0 Å². The first-order valence-electron chi connectivity index (χ1n) is 5.81. The first kappa shape index (κ1) is 12.0. The van der Waals surface area contributed by atoms with Gasteiger partial charge in [0, 0.05) is 12.1 Å². The lowest BCUT2D eigenvalue weighted by Gasteiger charge is -2.13. The van der Waals surface area contributed by atoms with Crippen molar-refractivity contribution < 1.29 is 19.3 Å². The molecule has 4 nitrogen and oxygen atoms in total. The molecule has 1 N–H and O–H groups in total. The Balaban J connectivity index is 2.39. The van der Waals surface area contributed by atoms with E-state index in [1.807, 2.05) is 0 Å². The van der Waals surface area contributed by atoms with Crippen LogP contribution in [0.1, 0.15) is 31.4 Å². The SMILES string of the molecule is CCCC1Oc2cc(OC)cc(OC)c2C1O. The molecule has 2 atom stereocenters. The predicted molar refractivity (Wildman–Crippen MR) is 63.8 cm³/mol. The number of benzene rings is 1. The van der Waals surface area contributed by atoms with Gasteiger partial charge >= 0.3 is 0 Å². The second-order valence-corrected chi connectivity index (χ2v) is 4.13. The summed E-state index contributed by atoms with van der Waals surface area (Å²) in [5.74, 6) is 1.95. The third kappa shape index (κ3) is 2.05. The molecule has 17 heavy (non-hydrogen) atoms. The zero-order valence-corrected chi connectivity index (χ0v) is 10.4. The summed E-state index contributed by atoms with van der Waals surface area (Å²) in [4.78, 5) is 0. The highest BCUT2D eigenvalue weighted by Crippen LogP contribution is 2.46. The highest BCUT2D eigenvalue weighted by molar-refractivity contribution is 5.54. The molecule has 2 unspecified atom stereocenters. The van der Waals surface area contributed by atoms with Gasteiger partial charge in [0.2, 0.25) is 0 Å². The lowest BCUT2D eigenvalue weighted by Crippen LogP contribution is -2.17. The Morgan fingerprint density at radius 1 is 1.29 bits per heavy atom. The lowest BCUT2D eigenvalue weighted by molar-refractivity contribution is 0.0607. The fraction of sp³-hybridized carbons (Fsp3) is 0.538. The van der Waals surface area contributed by atoms with Crippen molar-refractivity contribution in [2.45, 2.75) is 32.0 Å². The van der Waals surface area contributed by atoms with Crippen LogP contribution in [0.2, 0.25) is 0 Å². The van der Waals surface area contributed by atoms with Crippen molar-refractivity contribution in [3.8, 4) is 17.2 Å². The van der Waals surface area contributed by atoms with Gasteiger partial charge in [0.1, 0.15) is 29.5 Å². The first-order valence-corrected chi connectivity index (χ1v) is 5.81. The van der Waals surface area contributed by atoms with E-state index in [-0.39, 0.29) is 6.10 Å². The van der Waals surface area contributed by atoms with Crippen LogP contribution < -0.4 is 14.2 Å². The number of hydrogen-bond donors (Lipinski definition) is 1. The van der Waals surface area contributed by atoms with Crippen molar-refractivity contribution in [1.82, 2.24) is 0 Å². The van der Waals surface area contributed by atoms with Gasteiger partial charge in [0.05, 0.1) is 19.8 Å². The molecule has 1 aromatic rings. The topological polar surface area (TPSA) is 47.9 Å². The van der Waals surface area contributed by atoms with Crippen molar-refractivity contribution in [2.24, 2.45) is 0 Å². The molecule has 2 rings (SSSR count). The van der Waals surface area contributed by atoms with Gasteiger partial charge in [-0.2, -0.15) is 0 Å². The molecule has 4 heteroatoms. The summed E-state index contributed by atoms with van der Waals surface area (Å²) in [5.41, 5.74) is 0.728. The van der Waals surface area contributed by atoms with Crippen LogP contribution in [-0.4, -0.2) is 25.4 Å². The lowest BCUT2D eigenvalue weighted by atomic mass is 10.0. The van der Waals surface area contributed by atoms with Crippen molar-refractivity contribution in [3.05, 3.63) is 17.7 Å². The summed E-state index contributed by atoms with van der Waals surface area (Å²) in [5, 5.41) is 10.2. The average molecular weight is 238 g/mol. The van der Waals surface area contributed by atoms with Crippen LogP contribution in [0.5, 0.6) is 17.2 Å². The van der Waals surface area contributed by atoms with Gasteiger partial charge in [-0.05, 0) is 6.42 Å². The molecule has 0 saturated carbocycles. The Kier molecular flexibility index (Phi) is 3.43. The fourth-order valence-corrected chi connectivity index (χ4v) is 2.17. The van der Waals surface area contributed by atoms with E-state index in [0.29, 0.717) is 17.2 Å². The summed E-state index contributed by atoms with van der Waals surface area (Å²) < 4.78 is 16.2. The normalized spacial score (nSPS) is 21.9. The molecule has 0 aromatic heterocycles. The maximum Gasteiger partial charge on any atom is 0.133 e. The number of rotatable bonds is 4. The molecule has 1 heterocycles. The summed E-state index contributed by atoms with van der Waals surface area (Å²) in [7, 11) is 3.17. The Bertz CT molecular complexity index is 403. The number of methoxy groups -OCH3 is 2. The van der Waals surface area contributed by atoms with Crippen LogP contribution in [-0.2, 0) is 0 Å². The Labute approximate surface area is 101 Å². The number of hydrogen-bond acceptors (Lipinski definition) is 4. The van der Waals surface area contributed by atoms with Crippen LogP contribution in [0.15, 0.2) is 12.1 Å². The van der Waals surface area contributed by atoms with Gasteiger partial charge in [-0.15, -0.1) is 0 Å². The highest BCUT2D eigenvalue weighted by Gasteiger charge is 2.35. The van der Waals surface area contributed by atoms with Gasteiger partial charge < -0.3 is 19.3 Å². The van der Waals surface area contributed by atoms with E-state index in [0.717, 1.165) is 18.4 Å². The zero-order chi connectivity index (χ0) is 12.4. The minimum absolute atomic E-state index is 0.184. The summed E-state index contributed by atoms with van der Waals surface area (Å²) in [6.07, 6.45) is 0.984. The van der Waals surface area contributed by atoms with Crippen LogP contribution in [0, 0.1) is 0 Å². The molecule has 94 valence electrons. The average Bonchev–Trinajstić information content (AvgIpc) is 2.66. The van der Waals surface area contributed by atoms with E-state index in [2.05, 4.69) is 6.92 Å². The molecule has 1 aliphatic rings. The monoisotopic (exact) mass is 238 g/mol. The maximum absolute atomic E-state index is 10.2. The van der Waals surface area contributed by atoms with Crippen LogP contribution in [0.3, 0.4) is 0 Å². The van der Waals surface area contributed by atoms with E-state index >= 15 is 0 Å². The third-order valence-electron chi connectivity index (χ3n) is 3.03. The molecule has 0 saturated heterocycles. The van der Waals surface area contributed by atoms with E-state index in [4.69, 9.17) is 14.2 Å². The number of fused-ring (bicyclic) bond motifs is 1. The van der Waals surface area contributed by atoms with Crippen molar-refractivity contribution in [2.75, 3.05) is 14.2 Å². The largest absolute Gasteiger partial charge is 0.496 e. The summed E-state index contributed by atoms with van der Waals surface area (Å²) >= 11 is 0. The third-order valence-corrected chi connectivity index (χ3v) is 3.03. The zero-order valence-electron chi connectivity index (χ0n) is 10.4. The minimum Gasteiger partial charge on any atom is -0.496 e. The van der Waals surface area contributed by atoms with Gasteiger partial charge in [-0.3, -0.25) is 0 Å². The van der Waals surface area contributed by atoms with E-state index in [1.54, 1.807) is 26.4 Å². The first-order chi connectivity index (χ1) is 8.21. The Morgan fingerprint density at radius 2 is 2.06 bits per heavy atom. The van der Waals surface area contributed by atoms with Gasteiger partial charge in [0.25, 0.3) is 0 Å². The van der Waals surface area contributed by atoms with Crippen molar-refractivity contribution in [1.29, 1.82) is 0 Å². The number of aliphatic hydroxyl groups is 1.